The normalized spacial score (nSPS) is 11.8. The van der Waals surface area contributed by atoms with Gasteiger partial charge < -0.3 is 25.8 Å². The van der Waals surface area contributed by atoms with Crippen molar-refractivity contribution in [2.45, 2.75) is 39.8 Å². The van der Waals surface area contributed by atoms with E-state index in [4.69, 9.17) is 4.74 Å². The average Bonchev–Trinajstić information content (AvgIpc) is 2.49. The molecule has 0 aromatic heterocycles. The Hall–Kier alpha value is -2.44. The number of nitrogens with zero attached hydrogens (tertiary/aromatic N) is 1. The van der Waals surface area contributed by atoms with E-state index in [0.717, 1.165) is 0 Å². The van der Waals surface area contributed by atoms with Gasteiger partial charge in [0.25, 0.3) is 0 Å². The van der Waals surface area contributed by atoms with Crippen molar-refractivity contribution in [3.05, 3.63) is 23.8 Å². The number of benzene rings is 1. The average molecular weight is 336 g/mol. The predicted molar refractivity (Wildman–Crippen MR) is 95.4 cm³/mol. The number of rotatable bonds is 6. The Morgan fingerprint density at radius 3 is 2.58 bits per heavy atom. The second-order valence-corrected chi connectivity index (χ2v) is 6.34. The predicted octanol–water partition coefficient (Wildman–Crippen LogP) is 1.37. The maximum Gasteiger partial charge on any atom is 0.239 e. The highest BCUT2D eigenvalue weighted by molar-refractivity contribution is 5.86. The zero-order valence-electron chi connectivity index (χ0n) is 15.1. The molecule has 1 rings (SSSR count). The number of phenolic OH excluding ortho intramolecular Hbond substituents is 1. The smallest absolute Gasteiger partial charge is 0.239 e. The van der Waals surface area contributed by atoms with Gasteiger partial charge in [-0.15, -0.1) is 0 Å². The van der Waals surface area contributed by atoms with Gasteiger partial charge in [0.2, 0.25) is 5.91 Å². The van der Waals surface area contributed by atoms with Crippen molar-refractivity contribution in [1.29, 1.82) is 0 Å². The molecule has 1 aromatic carbocycles. The second kappa shape index (κ2) is 9.00. The third-order valence-corrected chi connectivity index (χ3v) is 2.97. The van der Waals surface area contributed by atoms with Gasteiger partial charge in [-0.3, -0.25) is 4.79 Å². The molecule has 0 fully saturated rings. The van der Waals surface area contributed by atoms with Gasteiger partial charge in [-0.2, -0.15) is 0 Å². The van der Waals surface area contributed by atoms with Crippen LogP contribution < -0.4 is 20.7 Å². The van der Waals surface area contributed by atoms with Crippen LogP contribution in [0.25, 0.3) is 0 Å². The van der Waals surface area contributed by atoms with E-state index in [9.17, 15) is 9.90 Å². The van der Waals surface area contributed by atoms with Gasteiger partial charge in [0.05, 0.1) is 20.2 Å². The first-order valence-corrected chi connectivity index (χ1v) is 7.94. The van der Waals surface area contributed by atoms with E-state index >= 15 is 0 Å². The number of aromatic hydroxyl groups is 1. The van der Waals surface area contributed by atoms with E-state index in [1.54, 1.807) is 25.3 Å². The molecule has 134 valence electrons. The number of phenols is 1. The summed E-state index contributed by atoms with van der Waals surface area (Å²) in [5.74, 6) is 1.20. The van der Waals surface area contributed by atoms with Gasteiger partial charge >= 0.3 is 0 Å². The first-order chi connectivity index (χ1) is 11.2. The van der Waals surface area contributed by atoms with Crippen LogP contribution in [-0.2, 0) is 11.3 Å². The molecule has 4 N–H and O–H groups in total. The van der Waals surface area contributed by atoms with Gasteiger partial charge in [-0.05, 0) is 45.9 Å². The molecule has 7 nitrogen and oxygen atoms in total. The van der Waals surface area contributed by atoms with Gasteiger partial charge in [-0.25, -0.2) is 4.99 Å². The third-order valence-electron chi connectivity index (χ3n) is 2.97. The molecule has 7 heteroatoms. The molecule has 1 aromatic rings. The number of nitrogens with one attached hydrogen (secondary N) is 3. The van der Waals surface area contributed by atoms with Crippen molar-refractivity contribution in [3.8, 4) is 11.5 Å². The van der Waals surface area contributed by atoms with Gasteiger partial charge in [0.1, 0.15) is 11.5 Å². The van der Waals surface area contributed by atoms with Gasteiger partial charge in [0.15, 0.2) is 5.96 Å². The van der Waals surface area contributed by atoms with Crippen molar-refractivity contribution in [2.75, 3.05) is 20.2 Å². The molecular weight excluding hydrogens is 308 g/mol. The zero-order valence-corrected chi connectivity index (χ0v) is 15.1. The van der Waals surface area contributed by atoms with Crippen molar-refractivity contribution < 1.29 is 14.6 Å². The maximum atomic E-state index is 11.9. The molecule has 0 atom stereocenters. The Balaban J connectivity index is 2.70. The van der Waals surface area contributed by atoms with Crippen LogP contribution in [0.4, 0.5) is 0 Å². The van der Waals surface area contributed by atoms with Crippen LogP contribution in [0.3, 0.4) is 0 Å². The standard InChI is InChI=1S/C17H28N4O3/c1-6-18-16(20-11-15(23)21-17(2,3)4)19-10-12-9-13(24-5)7-8-14(12)22/h7-9,22H,6,10-11H2,1-5H3,(H,21,23)(H2,18,19,20). The Morgan fingerprint density at radius 2 is 2.00 bits per heavy atom. The largest absolute Gasteiger partial charge is 0.508 e. The van der Waals surface area contributed by atoms with Crippen LogP contribution in [0, 0.1) is 0 Å². The van der Waals surface area contributed by atoms with E-state index in [2.05, 4.69) is 20.9 Å². The fraction of sp³-hybridized carbons (Fsp3) is 0.529. The summed E-state index contributed by atoms with van der Waals surface area (Å²) in [6.07, 6.45) is 0. The molecular formula is C17H28N4O3. The fourth-order valence-electron chi connectivity index (χ4n) is 1.95. The number of carbonyl (C=O) groups is 1. The molecule has 0 saturated heterocycles. The number of carbonyl (C=O) groups excluding carboxylic acids is 1. The van der Waals surface area contributed by atoms with Crippen molar-refractivity contribution in [2.24, 2.45) is 4.99 Å². The highest BCUT2D eigenvalue weighted by Crippen LogP contribution is 2.23. The minimum absolute atomic E-state index is 0.114. The molecule has 0 radical (unpaired) electrons. The summed E-state index contributed by atoms with van der Waals surface area (Å²) >= 11 is 0. The molecule has 0 aliphatic rings. The number of amides is 1. The molecule has 0 aliphatic carbocycles. The Bertz CT molecular complexity index is 580. The number of ether oxygens (including phenoxy) is 1. The van der Waals surface area contributed by atoms with Crippen molar-refractivity contribution >= 4 is 11.9 Å². The molecule has 0 bridgehead atoms. The molecule has 0 unspecified atom stereocenters. The molecule has 0 aliphatic heterocycles. The van der Waals surface area contributed by atoms with Crippen LogP contribution in [0.15, 0.2) is 23.2 Å². The lowest BCUT2D eigenvalue weighted by atomic mass is 10.1. The zero-order chi connectivity index (χ0) is 18.2. The SMILES string of the molecule is CCNC(=NCc1cc(OC)ccc1O)NCC(=O)NC(C)(C)C. The summed E-state index contributed by atoms with van der Waals surface area (Å²) in [7, 11) is 1.57. The third kappa shape index (κ3) is 7.21. The van der Waals surface area contributed by atoms with Crippen molar-refractivity contribution in [1.82, 2.24) is 16.0 Å². The summed E-state index contributed by atoms with van der Waals surface area (Å²) in [5.41, 5.74) is 0.367. The lowest BCUT2D eigenvalue weighted by Crippen LogP contribution is -2.48. The fourth-order valence-corrected chi connectivity index (χ4v) is 1.95. The highest BCUT2D eigenvalue weighted by atomic mass is 16.5. The second-order valence-electron chi connectivity index (χ2n) is 6.34. The number of hydrogen-bond donors (Lipinski definition) is 4. The van der Waals surface area contributed by atoms with E-state index < -0.39 is 0 Å². The molecule has 0 heterocycles. The number of hydrogen-bond acceptors (Lipinski definition) is 4. The number of methoxy groups -OCH3 is 1. The van der Waals surface area contributed by atoms with E-state index in [1.807, 2.05) is 27.7 Å². The number of guanidine groups is 1. The van der Waals surface area contributed by atoms with Crippen LogP contribution in [0.2, 0.25) is 0 Å². The van der Waals surface area contributed by atoms with Gasteiger partial charge in [0, 0.05) is 17.6 Å². The first-order valence-electron chi connectivity index (χ1n) is 7.94. The molecule has 1 amide bonds. The van der Waals surface area contributed by atoms with Crippen LogP contribution in [-0.4, -0.2) is 42.7 Å². The molecule has 0 saturated carbocycles. The minimum Gasteiger partial charge on any atom is -0.508 e. The summed E-state index contributed by atoms with van der Waals surface area (Å²) in [6.45, 7) is 8.76. The minimum atomic E-state index is -0.277. The van der Waals surface area contributed by atoms with Crippen LogP contribution in [0.1, 0.15) is 33.3 Å². The highest BCUT2D eigenvalue weighted by Gasteiger charge is 2.13. The Kier molecular flexibility index (Phi) is 7.35. The Labute approximate surface area is 143 Å². The van der Waals surface area contributed by atoms with Crippen molar-refractivity contribution in [3.63, 3.8) is 0 Å². The maximum absolute atomic E-state index is 11.9. The topological polar surface area (TPSA) is 95.0 Å². The summed E-state index contributed by atoms with van der Waals surface area (Å²) in [4.78, 5) is 16.3. The summed E-state index contributed by atoms with van der Waals surface area (Å²) < 4.78 is 5.15. The number of aliphatic imine (C=N–C) groups is 1. The summed E-state index contributed by atoms with van der Waals surface area (Å²) in [6, 6.07) is 4.98. The van der Waals surface area contributed by atoms with Crippen LogP contribution >= 0.6 is 0 Å². The van der Waals surface area contributed by atoms with E-state index in [0.29, 0.717) is 23.8 Å². The molecule has 0 spiro atoms. The van der Waals surface area contributed by atoms with Gasteiger partial charge in [-0.1, -0.05) is 0 Å². The monoisotopic (exact) mass is 336 g/mol. The summed E-state index contributed by atoms with van der Waals surface area (Å²) in [5, 5.41) is 18.8. The van der Waals surface area contributed by atoms with E-state index in [1.165, 1.54) is 0 Å². The first kappa shape index (κ1) is 19.6. The Morgan fingerprint density at radius 1 is 1.29 bits per heavy atom. The quantitative estimate of drug-likeness (QED) is 0.465. The molecule has 24 heavy (non-hydrogen) atoms. The van der Waals surface area contributed by atoms with Crippen LogP contribution in [0.5, 0.6) is 11.5 Å². The lowest BCUT2D eigenvalue weighted by molar-refractivity contribution is -0.121. The lowest BCUT2D eigenvalue weighted by Gasteiger charge is -2.21. The van der Waals surface area contributed by atoms with E-state index in [-0.39, 0.29) is 30.3 Å².